The van der Waals surface area contributed by atoms with Crippen LogP contribution in [-0.4, -0.2) is 40.0 Å². The van der Waals surface area contributed by atoms with Gasteiger partial charge in [0.1, 0.15) is 11.5 Å². The zero-order valence-corrected chi connectivity index (χ0v) is 11.3. The Balaban J connectivity index is 2.07. The number of hydrogen-bond acceptors (Lipinski definition) is 3. The highest BCUT2D eigenvalue weighted by molar-refractivity contribution is 5.78. The highest BCUT2D eigenvalue weighted by atomic mass is 15.1. The Hall–Kier alpha value is -1.42. The Morgan fingerprint density at radius 1 is 1.39 bits per heavy atom. The summed E-state index contributed by atoms with van der Waals surface area (Å²) in [6.07, 6.45) is 3.12. The molecular weight excluding hydrogens is 224 g/mol. The maximum absolute atomic E-state index is 4.83. The Kier molecular flexibility index (Phi) is 2.82. The Morgan fingerprint density at radius 3 is 2.89 bits per heavy atom. The molecule has 0 amide bonds. The summed E-state index contributed by atoms with van der Waals surface area (Å²) in [6.45, 7) is 6.61. The zero-order valence-electron chi connectivity index (χ0n) is 11.3. The van der Waals surface area contributed by atoms with Crippen molar-refractivity contribution in [2.45, 2.75) is 32.1 Å². The summed E-state index contributed by atoms with van der Waals surface area (Å²) in [4.78, 5) is 15.1. The maximum Gasteiger partial charge on any atom is 0.141 e. The summed E-state index contributed by atoms with van der Waals surface area (Å²) in [7, 11) is 2.16. The molecule has 1 atom stereocenters. The highest BCUT2D eigenvalue weighted by Gasteiger charge is 2.25. The number of aromatic amines is 1. The minimum absolute atomic E-state index is 0.434. The number of rotatable bonds is 2. The van der Waals surface area contributed by atoms with Crippen LogP contribution in [0.15, 0.2) is 12.3 Å². The smallest absolute Gasteiger partial charge is 0.141 e. The third-order valence-electron chi connectivity index (χ3n) is 3.77. The number of likely N-dealkylation sites (tertiary alicyclic amines) is 1. The predicted molar refractivity (Wildman–Crippen MR) is 72.8 cm³/mol. The summed E-state index contributed by atoms with van der Waals surface area (Å²) < 4.78 is 0. The van der Waals surface area contributed by atoms with Crippen LogP contribution in [0.1, 0.15) is 43.6 Å². The molecule has 1 fully saturated rings. The van der Waals surface area contributed by atoms with Crippen LogP contribution in [0.5, 0.6) is 0 Å². The molecule has 3 heterocycles. The normalized spacial score (nSPS) is 21.2. The summed E-state index contributed by atoms with van der Waals surface area (Å²) in [5.74, 6) is 1.93. The summed E-state index contributed by atoms with van der Waals surface area (Å²) in [5.41, 5.74) is 2.16. The van der Waals surface area contributed by atoms with Crippen LogP contribution in [-0.2, 0) is 0 Å². The van der Waals surface area contributed by atoms with Gasteiger partial charge in [0, 0.05) is 24.0 Å². The van der Waals surface area contributed by atoms with Gasteiger partial charge in [0.2, 0.25) is 0 Å². The fraction of sp³-hybridized carbons (Fsp3) is 0.571. The second-order valence-corrected chi connectivity index (χ2v) is 5.61. The number of nitrogens with zero attached hydrogens (tertiary/aromatic N) is 3. The van der Waals surface area contributed by atoms with Gasteiger partial charge in [-0.2, -0.15) is 0 Å². The molecule has 1 unspecified atom stereocenters. The first-order chi connectivity index (χ1) is 8.65. The van der Waals surface area contributed by atoms with E-state index in [0.29, 0.717) is 11.8 Å². The average Bonchev–Trinajstić information content (AvgIpc) is 2.95. The van der Waals surface area contributed by atoms with Crippen molar-refractivity contribution in [3.63, 3.8) is 0 Å². The number of fused-ring (bicyclic) bond motifs is 1. The fourth-order valence-electron chi connectivity index (χ4n) is 2.75. The van der Waals surface area contributed by atoms with Gasteiger partial charge < -0.3 is 9.88 Å². The van der Waals surface area contributed by atoms with Crippen molar-refractivity contribution in [3.8, 4) is 0 Å². The lowest BCUT2D eigenvalue weighted by Gasteiger charge is -2.13. The number of H-pyrrole nitrogens is 1. The monoisotopic (exact) mass is 244 g/mol. The number of likely N-dealkylation sites (N-methyl/N-ethyl adjacent to an activating group) is 1. The topological polar surface area (TPSA) is 44.8 Å². The molecule has 0 saturated carbocycles. The fourth-order valence-corrected chi connectivity index (χ4v) is 2.75. The molecule has 18 heavy (non-hydrogen) atoms. The number of hydrogen-bond donors (Lipinski definition) is 1. The van der Waals surface area contributed by atoms with Crippen LogP contribution in [0.4, 0.5) is 0 Å². The molecule has 1 N–H and O–H groups in total. The molecule has 3 rings (SSSR count). The van der Waals surface area contributed by atoms with Gasteiger partial charge in [-0.1, -0.05) is 13.8 Å². The lowest BCUT2D eigenvalue weighted by atomic mass is 10.0. The second-order valence-electron chi connectivity index (χ2n) is 5.61. The third-order valence-corrected chi connectivity index (χ3v) is 3.77. The van der Waals surface area contributed by atoms with E-state index in [9.17, 15) is 0 Å². The lowest BCUT2D eigenvalue weighted by Crippen LogP contribution is -2.15. The van der Waals surface area contributed by atoms with E-state index >= 15 is 0 Å². The van der Waals surface area contributed by atoms with Crippen molar-refractivity contribution in [2.24, 2.45) is 0 Å². The van der Waals surface area contributed by atoms with Crippen LogP contribution in [0.25, 0.3) is 11.0 Å². The van der Waals surface area contributed by atoms with Gasteiger partial charge in [0.05, 0.1) is 5.69 Å². The van der Waals surface area contributed by atoms with Gasteiger partial charge in [0.15, 0.2) is 0 Å². The van der Waals surface area contributed by atoms with E-state index in [1.54, 1.807) is 0 Å². The Labute approximate surface area is 107 Å². The van der Waals surface area contributed by atoms with E-state index in [2.05, 4.69) is 36.8 Å². The van der Waals surface area contributed by atoms with Gasteiger partial charge >= 0.3 is 0 Å². The molecule has 4 nitrogen and oxygen atoms in total. The lowest BCUT2D eigenvalue weighted by molar-refractivity contribution is 0.409. The molecule has 0 aliphatic carbocycles. The van der Waals surface area contributed by atoms with E-state index in [1.165, 1.54) is 17.5 Å². The van der Waals surface area contributed by atoms with Gasteiger partial charge in [-0.3, -0.25) is 0 Å². The van der Waals surface area contributed by atoms with E-state index < -0.39 is 0 Å². The molecule has 1 aliphatic rings. The van der Waals surface area contributed by atoms with Crippen LogP contribution >= 0.6 is 0 Å². The standard InChI is InChI=1S/C14H20N4/c1-9(2)12-11-4-6-15-14(11)17-13(16-12)10-5-7-18(3)8-10/h4,6,9-10H,5,7-8H2,1-3H3,(H,15,16,17). The predicted octanol–water partition coefficient (Wildman–Crippen LogP) is 2.50. The molecule has 0 spiro atoms. The van der Waals surface area contributed by atoms with Crippen LogP contribution in [0.2, 0.25) is 0 Å². The Morgan fingerprint density at radius 2 is 2.22 bits per heavy atom. The minimum Gasteiger partial charge on any atom is -0.346 e. The largest absolute Gasteiger partial charge is 0.346 e. The van der Waals surface area contributed by atoms with Crippen molar-refractivity contribution in [1.82, 2.24) is 19.9 Å². The molecule has 1 aliphatic heterocycles. The SMILES string of the molecule is CC(C)c1nc(C2CCN(C)C2)nc2[nH]ccc12. The molecule has 0 bridgehead atoms. The minimum atomic E-state index is 0.434. The molecule has 0 radical (unpaired) electrons. The molecule has 2 aromatic rings. The van der Waals surface area contributed by atoms with E-state index in [0.717, 1.165) is 24.6 Å². The van der Waals surface area contributed by atoms with E-state index in [-0.39, 0.29) is 0 Å². The van der Waals surface area contributed by atoms with Gasteiger partial charge in [-0.25, -0.2) is 9.97 Å². The summed E-state index contributed by atoms with van der Waals surface area (Å²) in [5, 5.41) is 1.17. The van der Waals surface area contributed by atoms with E-state index in [1.807, 2.05) is 6.20 Å². The van der Waals surface area contributed by atoms with Crippen molar-refractivity contribution < 1.29 is 0 Å². The highest BCUT2D eigenvalue weighted by Crippen LogP contribution is 2.28. The van der Waals surface area contributed by atoms with Crippen molar-refractivity contribution in [1.29, 1.82) is 0 Å². The van der Waals surface area contributed by atoms with Crippen LogP contribution in [0.3, 0.4) is 0 Å². The molecule has 4 heteroatoms. The van der Waals surface area contributed by atoms with Crippen LogP contribution < -0.4 is 0 Å². The van der Waals surface area contributed by atoms with Crippen LogP contribution in [0, 0.1) is 0 Å². The van der Waals surface area contributed by atoms with Crippen molar-refractivity contribution >= 4 is 11.0 Å². The van der Waals surface area contributed by atoms with Crippen molar-refractivity contribution in [3.05, 3.63) is 23.8 Å². The summed E-state index contributed by atoms with van der Waals surface area (Å²) >= 11 is 0. The zero-order chi connectivity index (χ0) is 12.7. The van der Waals surface area contributed by atoms with Gasteiger partial charge in [-0.15, -0.1) is 0 Å². The molecule has 1 saturated heterocycles. The molecule has 96 valence electrons. The average molecular weight is 244 g/mol. The van der Waals surface area contributed by atoms with Gasteiger partial charge in [0.25, 0.3) is 0 Å². The third kappa shape index (κ3) is 1.90. The number of nitrogens with one attached hydrogen (secondary N) is 1. The second kappa shape index (κ2) is 4.35. The first-order valence-electron chi connectivity index (χ1n) is 6.68. The maximum atomic E-state index is 4.83. The quantitative estimate of drug-likeness (QED) is 0.882. The first-order valence-corrected chi connectivity index (χ1v) is 6.68. The number of aromatic nitrogens is 3. The van der Waals surface area contributed by atoms with E-state index in [4.69, 9.17) is 9.97 Å². The van der Waals surface area contributed by atoms with Crippen molar-refractivity contribution in [2.75, 3.05) is 20.1 Å². The molecule has 0 aromatic carbocycles. The summed E-state index contributed by atoms with van der Waals surface area (Å²) in [6, 6.07) is 2.08. The van der Waals surface area contributed by atoms with Gasteiger partial charge in [-0.05, 0) is 32.0 Å². The molecule has 2 aromatic heterocycles. The molecular formula is C14H20N4. The first kappa shape index (κ1) is 11.7. The Bertz CT molecular complexity index is 558.